The molecular formula is C27H34N2O3. The summed E-state index contributed by atoms with van der Waals surface area (Å²) in [4.78, 5) is 20.9. The van der Waals surface area contributed by atoms with Crippen LogP contribution < -0.4 is 4.74 Å². The van der Waals surface area contributed by atoms with E-state index in [1.165, 1.54) is 11.1 Å². The Morgan fingerprint density at radius 2 is 1.62 bits per heavy atom. The molecule has 0 bridgehead atoms. The fraction of sp³-hybridized carbons (Fsp3) is 0.407. The highest BCUT2D eigenvalue weighted by atomic mass is 16.5. The SMILES string of the molecule is CCOC(=O)c1c(C)[nH]c(C(Oc2c(C)cc(C)cc2C)=C2N=C(C)C(CC)=C2C)c1C. The zero-order valence-electron chi connectivity index (χ0n) is 20.7. The summed E-state index contributed by atoms with van der Waals surface area (Å²) in [6.45, 7) is 18.4. The Kier molecular flexibility index (Phi) is 6.77. The Morgan fingerprint density at radius 1 is 1.00 bits per heavy atom. The molecule has 1 aromatic heterocycles. The third-order valence-electron chi connectivity index (χ3n) is 6.05. The minimum Gasteiger partial charge on any atom is -0.462 e. The summed E-state index contributed by atoms with van der Waals surface area (Å²) in [5, 5.41) is 0. The van der Waals surface area contributed by atoms with Gasteiger partial charge in [-0.2, -0.15) is 0 Å². The van der Waals surface area contributed by atoms with Crippen LogP contribution >= 0.6 is 0 Å². The molecule has 0 saturated carbocycles. The topological polar surface area (TPSA) is 63.7 Å². The van der Waals surface area contributed by atoms with E-state index in [9.17, 15) is 4.79 Å². The van der Waals surface area contributed by atoms with E-state index in [0.717, 1.165) is 57.2 Å². The standard InChI is InChI=1S/C27H34N2O3/c1-10-21-17(6)23(28-19(21)8)26(32-25-15(4)12-14(3)13-16(25)5)24-18(7)22(20(9)29-24)27(30)31-11-2/h12-13,29H,10-11H2,1-9H3. The van der Waals surface area contributed by atoms with Crippen molar-refractivity contribution in [3.8, 4) is 5.75 Å². The van der Waals surface area contributed by atoms with Crippen LogP contribution in [0.15, 0.2) is 34.0 Å². The van der Waals surface area contributed by atoms with E-state index in [1.807, 2.05) is 27.7 Å². The van der Waals surface area contributed by atoms with Crippen LogP contribution in [0.25, 0.3) is 5.76 Å². The van der Waals surface area contributed by atoms with Gasteiger partial charge in [-0.05, 0) is 89.6 Å². The Labute approximate surface area is 191 Å². The zero-order valence-corrected chi connectivity index (χ0v) is 20.7. The van der Waals surface area contributed by atoms with E-state index >= 15 is 0 Å². The number of allylic oxidation sites excluding steroid dienone is 2. The number of nitrogens with zero attached hydrogens (tertiary/aromatic N) is 1. The van der Waals surface area contributed by atoms with Crippen LogP contribution in [0, 0.1) is 34.6 Å². The van der Waals surface area contributed by atoms with Crippen molar-refractivity contribution in [2.24, 2.45) is 4.99 Å². The Hall–Kier alpha value is -3.08. The van der Waals surface area contributed by atoms with Gasteiger partial charge in [-0.15, -0.1) is 0 Å². The van der Waals surface area contributed by atoms with Gasteiger partial charge >= 0.3 is 5.97 Å². The number of benzene rings is 1. The van der Waals surface area contributed by atoms with Gasteiger partial charge in [0.2, 0.25) is 0 Å². The number of aliphatic imine (C=N–C) groups is 1. The van der Waals surface area contributed by atoms with Gasteiger partial charge in [-0.25, -0.2) is 9.79 Å². The average molecular weight is 435 g/mol. The van der Waals surface area contributed by atoms with Crippen molar-refractivity contribution in [3.63, 3.8) is 0 Å². The second-order valence-electron chi connectivity index (χ2n) is 8.51. The molecule has 1 aliphatic heterocycles. The van der Waals surface area contributed by atoms with Gasteiger partial charge in [0.05, 0.1) is 17.9 Å². The van der Waals surface area contributed by atoms with Gasteiger partial charge in [-0.1, -0.05) is 24.6 Å². The van der Waals surface area contributed by atoms with Crippen molar-refractivity contribution in [2.75, 3.05) is 6.61 Å². The van der Waals surface area contributed by atoms with Gasteiger partial charge in [0.25, 0.3) is 0 Å². The smallest absolute Gasteiger partial charge is 0.340 e. The monoisotopic (exact) mass is 434 g/mol. The second kappa shape index (κ2) is 9.19. The molecule has 0 radical (unpaired) electrons. The first-order valence-electron chi connectivity index (χ1n) is 11.2. The minimum atomic E-state index is -0.329. The Morgan fingerprint density at radius 3 is 2.16 bits per heavy atom. The van der Waals surface area contributed by atoms with E-state index in [2.05, 4.69) is 51.7 Å². The molecule has 5 heteroatoms. The minimum absolute atomic E-state index is 0.329. The molecule has 0 saturated heterocycles. The van der Waals surface area contributed by atoms with Crippen LogP contribution in [0.4, 0.5) is 0 Å². The van der Waals surface area contributed by atoms with Crippen LogP contribution in [-0.2, 0) is 4.74 Å². The first-order chi connectivity index (χ1) is 15.1. The molecule has 1 aliphatic rings. The quantitative estimate of drug-likeness (QED) is 0.407. The highest BCUT2D eigenvalue weighted by Gasteiger charge is 2.28. The predicted molar refractivity (Wildman–Crippen MR) is 131 cm³/mol. The predicted octanol–water partition coefficient (Wildman–Crippen LogP) is 6.68. The second-order valence-corrected chi connectivity index (χ2v) is 8.51. The number of aromatic amines is 1. The lowest BCUT2D eigenvalue weighted by Gasteiger charge is -2.17. The van der Waals surface area contributed by atoms with Gasteiger partial charge in [0.1, 0.15) is 11.4 Å². The number of hydrogen-bond acceptors (Lipinski definition) is 4. The summed E-state index contributed by atoms with van der Waals surface area (Å²) in [7, 11) is 0. The number of carbonyl (C=O) groups excluding carboxylic acids is 1. The molecule has 2 aromatic rings. The summed E-state index contributed by atoms with van der Waals surface area (Å²) in [6.07, 6.45) is 0.900. The lowest BCUT2D eigenvalue weighted by molar-refractivity contribution is 0.0525. The van der Waals surface area contributed by atoms with E-state index in [4.69, 9.17) is 14.5 Å². The average Bonchev–Trinajstić information content (AvgIpc) is 3.16. The third kappa shape index (κ3) is 4.16. The summed E-state index contributed by atoms with van der Waals surface area (Å²) in [6, 6.07) is 4.23. The van der Waals surface area contributed by atoms with Crippen molar-refractivity contribution in [1.29, 1.82) is 0 Å². The van der Waals surface area contributed by atoms with Crippen LogP contribution in [0.2, 0.25) is 0 Å². The van der Waals surface area contributed by atoms with E-state index in [1.54, 1.807) is 0 Å². The number of H-pyrrole nitrogens is 1. The number of esters is 1. The molecule has 170 valence electrons. The fourth-order valence-electron chi connectivity index (χ4n) is 4.61. The van der Waals surface area contributed by atoms with Crippen LogP contribution in [0.3, 0.4) is 0 Å². The molecule has 0 atom stereocenters. The first kappa shape index (κ1) is 23.6. The Balaban J connectivity index is 2.28. The fourth-order valence-corrected chi connectivity index (χ4v) is 4.61. The van der Waals surface area contributed by atoms with Gasteiger partial charge in [0, 0.05) is 11.4 Å². The molecular weight excluding hydrogens is 400 g/mol. The maximum absolute atomic E-state index is 12.6. The van der Waals surface area contributed by atoms with Crippen LogP contribution in [0.5, 0.6) is 5.75 Å². The highest BCUT2D eigenvalue weighted by Crippen LogP contribution is 2.38. The first-order valence-corrected chi connectivity index (χ1v) is 11.2. The molecule has 0 unspecified atom stereocenters. The molecule has 3 rings (SSSR count). The lowest BCUT2D eigenvalue weighted by atomic mass is 10.0. The highest BCUT2D eigenvalue weighted by molar-refractivity contribution is 6.04. The zero-order chi connectivity index (χ0) is 23.7. The maximum atomic E-state index is 12.6. The number of ether oxygens (including phenoxy) is 2. The van der Waals surface area contributed by atoms with E-state index < -0.39 is 0 Å². The summed E-state index contributed by atoms with van der Waals surface area (Å²) >= 11 is 0. The molecule has 5 nitrogen and oxygen atoms in total. The van der Waals surface area contributed by atoms with Gasteiger partial charge in [-0.3, -0.25) is 0 Å². The number of hydrogen-bond donors (Lipinski definition) is 1. The van der Waals surface area contributed by atoms with Crippen LogP contribution in [-0.4, -0.2) is 23.3 Å². The van der Waals surface area contributed by atoms with Crippen molar-refractivity contribution < 1.29 is 14.3 Å². The molecule has 0 fully saturated rings. The number of aromatic nitrogens is 1. The number of rotatable bonds is 6. The van der Waals surface area contributed by atoms with Crippen molar-refractivity contribution in [2.45, 2.75) is 68.7 Å². The number of carbonyl (C=O) groups is 1. The van der Waals surface area contributed by atoms with Crippen LogP contribution in [0.1, 0.15) is 78.1 Å². The summed E-state index contributed by atoms with van der Waals surface area (Å²) < 4.78 is 12.0. The molecule has 1 aromatic carbocycles. The van der Waals surface area contributed by atoms with E-state index in [0.29, 0.717) is 17.9 Å². The molecule has 2 heterocycles. The van der Waals surface area contributed by atoms with Crippen molar-refractivity contribution in [3.05, 3.63) is 68.2 Å². The third-order valence-corrected chi connectivity index (χ3v) is 6.05. The largest absolute Gasteiger partial charge is 0.462 e. The molecule has 1 N–H and O–H groups in total. The molecule has 0 aliphatic carbocycles. The molecule has 0 spiro atoms. The van der Waals surface area contributed by atoms with Crippen molar-refractivity contribution in [1.82, 2.24) is 4.98 Å². The number of aryl methyl sites for hydroxylation is 4. The van der Waals surface area contributed by atoms with Gasteiger partial charge in [0.15, 0.2) is 5.76 Å². The molecule has 0 amide bonds. The Bertz CT molecular complexity index is 1150. The lowest BCUT2D eigenvalue weighted by Crippen LogP contribution is -2.07. The van der Waals surface area contributed by atoms with Crippen molar-refractivity contribution >= 4 is 17.4 Å². The normalized spacial score (nSPS) is 15.2. The van der Waals surface area contributed by atoms with Gasteiger partial charge < -0.3 is 14.5 Å². The number of nitrogens with one attached hydrogen (secondary N) is 1. The maximum Gasteiger partial charge on any atom is 0.340 e. The van der Waals surface area contributed by atoms with E-state index in [-0.39, 0.29) is 5.97 Å². The molecule has 32 heavy (non-hydrogen) atoms. The summed E-state index contributed by atoms with van der Waals surface area (Å²) in [5.74, 6) is 1.12. The summed E-state index contributed by atoms with van der Waals surface area (Å²) in [5.41, 5.74) is 10.3.